The van der Waals surface area contributed by atoms with Crippen molar-refractivity contribution in [1.29, 1.82) is 0 Å². The molecule has 6 aromatic rings. The van der Waals surface area contributed by atoms with Gasteiger partial charge in [0.15, 0.2) is 0 Å². The number of halogens is 3. The molecule has 0 spiro atoms. The van der Waals surface area contributed by atoms with Gasteiger partial charge in [-0.2, -0.15) is 23.4 Å². The van der Waals surface area contributed by atoms with Crippen LogP contribution in [0.1, 0.15) is 51.0 Å². The number of hydrogen-bond acceptors (Lipinski definition) is 7. The zero-order valence-electron chi connectivity index (χ0n) is 24.7. The molecule has 0 saturated heterocycles. The summed E-state index contributed by atoms with van der Waals surface area (Å²) in [6.07, 6.45) is -1.30. The first kappa shape index (κ1) is 29.9. The van der Waals surface area contributed by atoms with Crippen molar-refractivity contribution in [2.45, 2.75) is 47.0 Å². The molecule has 1 aromatic carbocycles. The van der Waals surface area contributed by atoms with Crippen LogP contribution >= 0.6 is 11.3 Å². The van der Waals surface area contributed by atoms with E-state index < -0.39 is 23.7 Å². The van der Waals surface area contributed by atoms with Crippen LogP contribution in [0.3, 0.4) is 0 Å². The fourth-order valence-corrected chi connectivity index (χ4v) is 6.31. The first-order chi connectivity index (χ1) is 21.4. The number of nitrogens with one attached hydrogen (secondary N) is 1. The van der Waals surface area contributed by atoms with Crippen molar-refractivity contribution in [1.82, 2.24) is 29.5 Å². The molecule has 0 radical (unpaired) electrons. The predicted molar refractivity (Wildman–Crippen MR) is 166 cm³/mol. The van der Waals surface area contributed by atoms with Gasteiger partial charge < -0.3 is 11.1 Å². The predicted octanol–water partition coefficient (Wildman–Crippen LogP) is 6.60. The number of nitrogens with zero attached hydrogens (tertiary/aromatic N) is 6. The monoisotopic (exact) mass is 632 g/mol. The van der Waals surface area contributed by atoms with E-state index in [9.17, 15) is 22.8 Å². The van der Waals surface area contributed by atoms with Gasteiger partial charge in [-0.25, -0.2) is 9.97 Å². The number of fused-ring (bicyclic) bond motifs is 2. The molecule has 45 heavy (non-hydrogen) atoms. The number of pyridine rings is 2. The van der Waals surface area contributed by atoms with Gasteiger partial charge in [-0.15, -0.1) is 11.3 Å². The van der Waals surface area contributed by atoms with E-state index in [1.165, 1.54) is 0 Å². The average molecular weight is 633 g/mol. The second-order valence-corrected chi connectivity index (χ2v) is 11.4. The number of carbonyl (C=O) groups excluding carboxylic acids is 2. The maximum atomic E-state index is 14.1. The van der Waals surface area contributed by atoms with Gasteiger partial charge in [-0.3, -0.25) is 19.0 Å². The fourth-order valence-electron chi connectivity index (χ4n) is 5.31. The number of anilines is 1. The second kappa shape index (κ2) is 11.1. The Balaban J connectivity index is 1.57. The number of alkyl halides is 3. The summed E-state index contributed by atoms with van der Waals surface area (Å²) in [6, 6.07) is 9.64. The van der Waals surface area contributed by atoms with E-state index in [1.807, 2.05) is 27.0 Å². The van der Waals surface area contributed by atoms with Gasteiger partial charge in [0.25, 0.3) is 11.8 Å². The molecule has 0 unspecified atom stereocenters. The van der Waals surface area contributed by atoms with Crippen molar-refractivity contribution < 1.29 is 22.8 Å². The Morgan fingerprint density at radius 3 is 2.20 bits per heavy atom. The molecule has 10 nitrogen and oxygen atoms in total. The summed E-state index contributed by atoms with van der Waals surface area (Å²) in [6.45, 7) is 8.46. The lowest BCUT2D eigenvalue weighted by atomic mass is 10.0. The van der Waals surface area contributed by atoms with Gasteiger partial charge in [-0.05, 0) is 51.5 Å². The molecule has 3 N–H and O–H groups in total. The van der Waals surface area contributed by atoms with Gasteiger partial charge in [-0.1, -0.05) is 18.2 Å². The van der Waals surface area contributed by atoms with Gasteiger partial charge in [0.1, 0.15) is 15.4 Å². The number of primary amides is 1. The molecule has 0 saturated carbocycles. The minimum absolute atomic E-state index is 0.0233. The number of para-hydroxylation sites is 1. The summed E-state index contributed by atoms with van der Waals surface area (Å²) in [4.78, 5) is 35.2. The second-order valence-electron chi connectivity index (χ2n) is 10.4. The summed E-state index contributed by atoms with van der Waals surface area (Å²) in [5.74, 6) is -1.53. The Kier molecular flexibility index (Phi) is 7.39. The number of aromatic nitrogens is 6. The number of amides is 2. The zero-order valence-corrected chi connectivity index (χ0v) is 25.5. The zero-order chi connectivity index (χ0) is 32.2. The highest BCUT2D eigenvalue weighted by Crippen LogP contribution is 2.44. The topological polar surface area (TPSA) is 134 Å². The lowest BCUT2D eigenvalue weighted by Gasteiger charge is -2.13. The Morgan fingerprint density at radius 1 is 0.933 bits per heavy atom. The van der Waals surface area contributed by atoms with E-state index in [0.717, 1.165) is 17.3 Å². The van der Waals surface area contributed by atoms with Crippen LogP contribution in [-0.2, 0) is 19.3 Å². The standard InChI is InChI=1S/C31H27F3N8O2S/c1-5-41-13-20(15(3)39-41)18-12-24(31(32,33)34)37-30-25(18)26(27(45-30)28(35)43)38-29(44)19-11-23(21-14-42(6-2)40-16(21)4)36-22-10-8-7-9-17(19)22/h7-14H,5-6H2,1-4H3,(H2,35,43)(H,38,44). The molecule has 0 aliphatic heterocycles. The summed E-state index contributed by atoms with van der Waals surface area (Å²) >= 11 is 0.687. The Labute approximate surface area is 258 Å². The van der Waals surface area contributed by atoms with Crippen LogP contribution in [0.5, 0.6) is 0 Å². The van der Waals surface area contributed by atoms with Gasteiger partial charge >= 0.3 is 6.18 Å². The first-order valence-electron chi connectivity index (χ1n) is 14.0. The van der Waals surface area contributed by atoms with E-state index in [1.54, 1.807) is 52.8 Å². The van der Waals surface area contributed by atoms with Gasteiger partial charge in [0, 0.05) is 47.4 Å². The molecule has 5 heterocycles. The third kappa shape index (κ3) is 5.30. The lowest BCUT2D eigenvalue weighted by molar-refractivity contribution is -0.140. The van der Waals surface area contributed by atoms with Crippen LogP contribution in [0.15, 0.2) is 48.8 Å². The molecule has 5 aromatic heterocycles. The fraction of sp³-hybridized carbons (Fsp3) is 0.226. The average Bonchev–Trinajstić information content (AvgIpc) is 3.69. The smallest absolute Gasteiger partial charge is 0.365 e. The number of thiophene rings is 1. The van der Waals surface area contributed by atoms with Gasteiger partial charge in [0.05, 0.1) is 33.8 Å². The van der Waals surface area contributed by atoms with E-state index in [-0.39, 0.29) is 31.9 Å². The number of benzene rings is 1. The normalized spacial score (nSPS) is 11.9. The molecular formula is C31H27F3N8O2S. The number of hydrogen-bond donors (Lipinski definition) is 2. The third-order valence-electron chi connectivity index (χ3n) is 7.48. The number of aryl methyl sites for hydroxylation is 4. The minimum Gasteiger partial charge on any atom is -0.365 e. The summed E-state index contributed by atoms with van der Waals surface area (Å²) in [7, 11) is 0. The Morgan fingerprint density at radius 2 is 1.58 bits per heavy atom. The Bertz CT molecular complexity index is 2140. The molecule has 0 bridgehead atoms. The molecule has 6 rings (SSSR count). The number of carbonyl (C=O) groups is 2. The Hall–Kier alpha value is -5.11. The van der Waals surface area contributed by atoms with Crippen molar-refractivity contribution >= 4 is 50.0 Å². The van der Waals surface area contributed by atoms with Gasteiger partial charge in [0.2, 0.25) is 0 Å². The molecule has 0 atom stereocenters. The SMILES string of the molecule is CCn1cc(-c2cc(C(=O)Nc3c(C(N)=O)sc4nc(C(F)(F)F)cc(-c5cn(CC)nc5C)c34)c3ccccc3n2)c(C)n1. The molecule has 0 aliphatic carbocycles. The highest BCUT2D eigenvalue weighted by Gasteiger charge is 2.35. The van der Waals surface area contributed by atoms with Crippen molar-refractivity contribution in [3.63, 3.8) is 0 Å². The maximum absolute atomic E-state index is 14.1. The molecule has 230 valence electrons. The van der Waals surface area contributed by atoms with Crippen LogP contribution in [0, 0.1) is 13.8 Å². The van der Waals surface area contributed by atoms with Crippen LogP contribution in [0.25, 0.3) is 43.5 Å². The van der Waals surface area contributed by atoms with Crippen molar-refractivity contribution in [3.8, 4) is 22.4 Å². The molecule has 0 fully saturated rings. The minimum atomic E-state index is -4.77. The first-order valence-corrected chi connectivity index (χ1v) is 14.9. The molecular weight excluding hydrogens is 605 g/mol. The number of rotatable bonds is 7. The van der Waals surface area contributed by atoms with Crippen LogP contribution in [0.4, 0.5) is 18.9 Å². The quantitative estimate of drug-likeness (QED) is 0.204. The number of nitrogens with two attached hydrogens (primary N) is 1. The lowest BCUT2D eigenvalue weighted by Crippen LogP contribution is -2.17. The van der Waals surface area contributed by atoms with Crippen LogP contribution in [-0.4, -0.2) is 41.3 Å². The molecule has 14 heteroatoms. The molecule has 0 aliphatic rings. The highest BCUT2D eigenvalue weighted by atomic mass is 32.1. The maximum Gasteiger partial charge on any atom is 0.433 e. The van der Waals surface area contributed by atoms with Crippen LogP contribution < -0.4 is 11.1 Å². The van der Waals surface area contributed by atoms with Crippen molar-refractivity contribution in [2.75, 3.05) is 5.32 Å². The summed E-state index contributed by atoms with van der Waals surface area (Å²) < 4.78 is 45.4. The van der Waals surface area contributed by atoms with Crippen molar-refractivity contribution in [2.24, 2.45) is 5.73 Å². The van der Waals surface area contributed by atoms with E-state index in [2.05, 4.69) is 20.5 Å². The largest absolute Gasteiger partial charge is 0.433 e. The van der Waals surface area contributed by atoms with E-state index in [0.29, 0.717) is 52.3 Å². The summed E-state index contributed by atoms with van der Waals surface area (Å²) in [5, 5.41) is 12.4. The highest BCUT2D eigenvalue weighted by molar-refractivity contribution is 7.21. The van der Waals surface area contributed by atoms with Crippen molar-refractivity contribution in [3.05, 3.63) is 76.3 Å². The van der Waals surface area contributed by atoms with Crippen LogP contribution in [0.2, 0.25) is 0 Å². The third-order valence-corrected chi connectivity index (χ3v) is 8.58. The van der Waals surface area contributed by atoms with E-state index >= 15 is 0 Å². The molecule has 2 amide bonds. The van der Waals surface area contributed by atoms with E-state index in [4.69, 9.17) is 10.7 Å². The summed E-state index contributed by atoms with van der Waals surface area (Å²) in [5.41, 5.74) is 8.31.